The summed E-state index contributed by atoms with van der Waals surface area (Å²) in [5, 5.41) is 5.01. The molecule has 0 aliphatic carbocycles. The van der Waals surface area contributed by atoms with Gasteiger partial charge in [0.2, 0.25) is 10.0 Å². The second kappa shape index (κ2) is 5.30. The van der Waals surface area contributed by atoms with Gasteiger partial charge in [-0.25, -0.2) is 13.6 Å². The van der Waals surface area contributed by atoms with Gasteiger partial charge < -0.3 is 4.90 Å². The maximum absolute atomic E-state index is 12.3. The van der Waals surface area contributed by atoms with E-state index >= 15 is 0 Å². The van der Waals surface area contributed by atoms with Crippen molar-refractivity contribution in [3.05, 3.63) is 29.8 Å². The number of primary sulfonamides is 1. The van der Waals surface area contributed by atoms with Gasteiger partial charge >= 0.3 is 0 Å². The molecule has 0 fully saturated rings. The van der Waals surface area contributed by atoms with Crippen LogP contribution >= 0.6 is 0 Å². The number of sulfonamides is 1. The predicted molar refractivity (Wildman–Crippen MR) is 74.3 cm³/mol. The molecule has 2 N–H and O–H groups in total. The highest BCUT2D eigenvalue weighted by molar-refractivity contribution is 7.89. The van der Waals surface area contributed by atoms with Crippen molar-refractivity contribution in [3.8, 4) is 0 Å². The van der Waals surface area contributed by atoms with Crippen LogP contribution in [0.3, 0.4) is 0 Å². The van der Waals surface area contributed by atoms with Gasteiger partial charge in [-0.1, -0.05) is 6.92 Å². The Labute approximate surface area is 114 Å². The summed E-state index contributed by atoms with van der Waals surface area (Å²) in [4.78, 5) is 13.9. The Morgan fingerprint density at radius 1 is 1.26 bits per heavy atom. The Balaban J connectivity index is 3.03. The minimum Gasteiger partial charge on any atom is -0.337 e. The van der Waals surface area contributed by atoms with Crippen molar-refractivity contribution in [3.63, 3.8) is 0 Å². The fraction of sp³-hybridized carbons (Fsp3) is 0.462. The van der Waals surface area contributed by atoms with Crippen LogP contribution in [0.1, 0.15) is 37.6 Å². The number of amides is 1. The molecular formula is C13H20N2O3S. The molecule has 0 unspecified atom stereocenters. The van der Waals surface area contributed by atoms with Gasteiger partial charge in [-0.2, -0.15) is 0 Å². The number of rotatable bonds is 4. The topological polar surface area (TPSA) is 80.5 Å². The molecule has 5 nitrogen and oxygen atoms in total. The van der Waals surface area contributed by atoms with E-state index in [9.17, 15) is 13.2 Å². The molecule has 1 aromatic rings. The Bertz CT molecular complexity index is 562. The molecule has 1 rings (SSSR count). The molecule has 19 heavy (non-hydrogen) atoms. The molecule has 6 heteroatoms. The summed E-state index contributed by atoms with van der Waals surface area (Å²) >= 11 is 0. The van der Waals surface area contributed by atoms with Gasteiger partial charge in [0, 0.05) is 18.2 Å². The van der Waals surface area contributed by atoms with Crippen LogP contribution in [0.5, 0.6) is 0 Å². The lowest BCUT2D eigenvalue weighted by atomic mass is 9.99. The van der Waals surface area contributed by atoms with Gasteiger partial charge in [0.15, 0.2) is 0 Å². The smallest absolute Gasteiger partial charge is 0.254 e. The van der Waals surface area contributed by atoms with Gasteiger partial charge in [0.1, 0.15) is 0 Å². The van der Waals surface area contributed by atoms with E-state index in [-0.39, 0.29) is 16.3 Å². The van der Waals surface area contributed by atoms with Crippen LogP contribution in [0.15, 0.2) is 29.2 Å². The highest BCUT2D eigenvalue weighted by atomic mass is 32.2. The third-order valence-electron chi connectivity index (χ3n) is 3.51. The standard InChI is InChI=1S/C13H20N2O3S/c1-5-13(2,3)15(4)12(16)10-6-8-11(9-7-10)19(14,17)18/h6-9H,5H2,1-4H3,(H2,14,17,18). The third kappa shape index (κ3) is 3.54. The minimum absolute atomic E-state index is 0.00135. The van der Waals surface area contributed by atoms with E-state index in [0.717, 1.165) is 6.42 Å². The lowest BCUT2D eigenvalue weighted by Gasteiger charge is -2.35. The van der Waals surface area contributed by atoms with Crippen molar-refractivity contribution in [1.82, 2.24) is 4.90 Å². The zero-order valence-corrected chi connectivity index (χ0v) is 12.5. The van der Waals surface area contributed by atoms with Gasteiger partial charge in [-0.05, 0) is 44.5 Å². The Kier molecular flexibility index (Phi) is 4.37. The Morgan fingerprint density at radius 3 is 2.11 bits per heavy atom. The van der Waals surface area contributed by atoms with E-state index in [1.807, 2.05) is 20.8 Å². The lowest BCUT2D eigenvalue weighted by molar-refractivity contribution is 0.0620. The fourth-order valence-corrected chi connectivity index (χ4v) is 2.01. The third-order valence-corrected chi connectivity index (χ3v) is 4.44. The van der Waals surface area contributed by atoms with Crippen molar-refractivity contribution in [2.45, 2.75) is 37.6 Å². The summed E-state index contributed by atoms with van der Waals surface area (Å²) in [5.41, 5.74) is 0.187. The molecule has 0 heterocycles. The van der Waals surface area contributed by atoms with Crippen LogP contribution in [-0.4, -0.2) is 31.8 Å². The summed E-state index contributed by atoms with van der Waals surface area (Å²) in [6, 6.07) is 5.64. The van der Waals surface area contributed by atoms with Gasteiger partial charge in [-0.3, -0.25) is 4.79 Å². The number of carbonyl (C=O) groups is 1. The van der Waals surface area contributed by atoms with Gasteiger partial charge in [0.25, 0.3) is 5.91 Å². The lowest BCUT2D eigenvalue weighted by Crippen LogP contribution is -2.44. The molecule has 0 aromatic heterocycles. The summed E-state index contributed by atoms with van der Waals surface area (Å²) in [7, 11) is -1.99. The first kappa shape index (κ1) is 15.7. The molecule has 0 radical (unpaired) electrons. The average Bonchev–Trinajstić information content (AvgIpc) is 2.36. The maximum atomic E-state index is 12.3. The highest BCUT2D eigenvalue weighted by Crippen LogP contribution is 2.19. The molecule has 106 valence electrons. The SMILES string of the molecule is CCC(C)(C)N(C)C(=O)c1ccc(S(N)(=O)=O)cc1. The molecule has 0 saturated carbocycles. The summed E-state index contributed by atoms with van der Waals surface area (Å²) in [6.45, 7) is 5.96. The molecule has 1 aromatic carbocycles. The van der Waals surface area contributed by atoms with Crippen LogP contribution in [0.2, 0.25) is 0 Å². The van der Waals surface area contributed by atoms with Gasteiger partial charge in [-0.15, -0.1) is 0 Å². The molecule has 0 bridgehead atoms. The Morgan fingerprint density at radius 2 is 1.74 bits per heavy atom. The second-order valence-corrected chi connectivity index (χ2v) is 6.66. The second-order valence-electron chi connectivity index (χ2n) is 5.10. The Hall–Kier alpha value is -1.40. The summed E-state index contributed by atoms with van der Waals surface area (Å²) in [6.07, 6.45) is 0.824. The summed E-state index contributed by atoms with van der Waals surface area (Å²) in [5.74, 6) is -0.146. The number of hydrogen-bond acceptors (Lipinski definition) is 3. The van der Waals surface area contributed by atoms with Crippen molar-refractivity contribution in [2.75, 3.05) is 7.05 Å². The van der Waals surface area contributed by atoms with Crippen LogP contribution in [0.25, 0.3) is 0 Å². The average molecular weight is 284 g/mol. The van der Waals surface area contributed by atoms with Crippen molar-refractivity contribution >= 4 is 15.9 Å². The zero-order valence-electron chi connectivity index (χ0n) is 11.7. The molecule has 0 saturated heterocycles. The van der Waals surface area contributed by atoms with E-state index in [4.69, 9.17) is 5.14 Å². The minimum atomic E-state index is -3.72. The first-order valence-corrected chi connectivity index (χ1v) is 7.55. The number of nitrogens with zero attached hydrogens (tertiary/aromatic N) is 1. The van der Waals surface area contributed by atoms with Crippen LogP contribution in [0, 0.1) is 0 Å². The van der Waals surface area contributed by atoms with Crippen molar-refractivity contribution < 1.29 is 13.2 Å². The number of hydrogen-bond donors (Lipinski definition) is 1. The van der Waals surface area contributed by atoms with Crippen LogP contribution in [-0.2, 0) is 10.0 Å². The fourth-order valence-electron chi connectivity index (χ4n) is 1.49. The first-order valence-electron chi connectivity index (χ1n) is 6.00. The van der Waals surface area contributed by atoms with Crippen LogP contribution < -0.4 is 5.14 Å². The van der Waals surface area contributed by atoms with E-state index in [2.05, 4.69) is 0 Å². The van der Waals surface area contributed by atoms with Crippen LogP contribution in [0.4, 0.5) is 0 Å². The molecule has 0 spiro atoms. The maximum Gasteiger partial charge on any atom is 0.254 e. The van der Waals surface area contributed by atoms with E-state index in [1.54, 1.807) is 11.9 Å². The van der Waals surface area contributed by atoms with E-state index in [0.29, 0.717) is 5.56 Å². The van der Waals surface area contributed by atoms with Crippen molar-refractivity contribution in [2.24, 2.45) is 5.14 Å². The number of nitrogens with two attached hydrogens (primary N) is 1. The zero-order chi connectivity index (χ0) is 14.8. The van der Waals surface area contributed by atoms with E-state index in [1.165, 1.54) is 24.3 Å². The first-order chi connectivity index (χ1) is 8.59. The quantitative estimate of drug-likeness (QED) is 0.911. The molecular weight excluding hydrogens is 264 g/mol. The van der Waals surface area contributed by atoms with E-state index < -0.39 is 10.0 Å². The summed E-state index contributed by atoms with van der Waals surface area (Å²) < 4.78 is 22.3. The highest BCUT2D eigenvalue weighted by Gasteiger charge is 2.26. The molecule has 0 aliphatic heterocycles. The molecule has 1 amide bonds. The monoisotopic (exact) mass is 284 g/mol. The van der Waals surface area contributed by atoms with Crippen molar-refractivity contribution in [1.29, 1.82) is 0 Å². The molecule has 0 atom stereocenters. The molecule has 0 aliphatic rings. The van der Waals surface area contributed by atoms with Gasteiger partial charge in [0.05, 0.1) is 4.90 Å². The number of benzene rings is 1. The normalized spacial score (nSPS) is 12.3. The predicted octanol–water partition coefficient (Wildman–Crippen LogP) is 1.59. The number of carbonyl (C=O) groups excluding carboxylic acids is 1. The largest absolute Gasteiger partial charge is 0.337 e.